The van der Waals surface area contributed by atoms with Gasteiger partial charge in [0, 0.05) is 41.7 Å². The number of aromatic nitrogens is 2. The zero-order valence-corrected chi connectivity index (χ0v) is 17.4. The van der Waals surface area contributed by atoms with Crippen molar-refractivity contribution < 1.29 is 13.9 Å². The van der Waals surface area contributed by atoms with Gasteiger partial charge in [-0.15, -0.1) is 0 Å². The second-order valence-corrected chi connectivity index (χ2v) is 7.26. The Kier molecular flexibility index (Phi) is 5.84. The van der Waals surface area contributed by atoms with Crippen molar-refractivity contribution in [2.45, 2.75) is 26.3 Å². The zero-order chi connectivity index (χ0) is 21.8. The first-order valence-electron chi connectivity index (χ1n) is 10.0. The molecule has 1 N–H and O–H groups in total. The Labute approximate surface area is 179 Å². The fourth-order valence-electron chi connectivity index (χ4n) is 3.49. The van der Waals surface area contributed by atoms with E-state index < -0.39 is 5.63 Å². The Morgan fingerprint density at radius 1 is 1.19 bits per heavy atom. The largest absolute Gasteiger partial charge is 0.497 e. The van der Waals surface area contributed by atoms with Crippen LogP contribution in [-0.4, -0.2) is 22.8 Å². The van der Waals surface area contributed by atoms with Crippen molar-refractivity contribution >= 4 is 16.9 Å². The predicted molar refractivity (Wildman–Crippen MR) is 118 cm³/mol. The lowest BCUT2D eigenvalue weighted by atomic mass is 10.0. The van der Waals surface area contributed by atoms with Crippen LogP contribution in [0, 0.1) is 6.92 Å². The molecule has 0 spiro atoms. The number of hydrogen-bond acceptors (Lipinski definition) is 5. The molecule has 0 unspecified atom stereocenters. The van der Waals surface area contributed by atoms with Crippen LogP contribution in [0.2, 0.25) is 0 Å². The van der Waals surface area contributed by atoms with E-state index in [9.17, 15) is 9.59 Å². The van der Waals surface area contributed by atoms with Crippen LogP contribution in [0.4, 0.5) is 0 Å². The molecule has 31 heavy (non-hydrogen) atoms. The number of hydrogen-bond donors (Lipinski definition) is 1. The van der Waals surface area contributed by atoms with Crippen LogP contribution >= 0.6 is 0 Å². The quantitative estimate of drug-likeness (QED) is 0.465. The Hall–Kier alpha value is -3.87. The monoisotopic (exact) mass is 417 g/mol. The molecule has 2 heterocycles. The molecule has 0 fully saturated rings. The number of benzene rings is 2. The van der Waals surface area contributed by atoms with Crippen LogP contribution in [0.25, 0.3) is 16.7 Å². The highest BCUT2D eigenvalue weighted by Crippen LogP contribution is 2.24. The number of para-hydroxylation sites is 1. The fourth-order valence-corrected chi connectivity index (χ4v) is 3.49. The molecule has 158 valence electrons. The number of rotatable bonds is 7. The highest BCUT2D eigenvalue weighted by molar-refractivity contribution is 5.82. The second-order valence-electron chi connectivity index (χ2n) is 7.26. The molecule has 0 aliphatic heterocycles. The number of carbonyl (C=O) groups is 1. The van der Waals surface area contributed by atoms with Crippen molar-refractivity contribution in [3.05, 3.63) is 88.0 Å². The molecule has 2 aromatic carbocycles. The van der Waals surface area contributed by atoms with Gasteiger partial charge in [-0.3, -0.25) is 4.79 Å². The van der Waals surface area contributed by atoms with Crippen LogP contribution < -0.4 is 15.7 Å². The first-order valence-corrected chi connectivity index (χ1v) is 10.0. The topological polar surface area (TPSA) is 86.4 Å². The van der Waals surface area contributed by atoms with Gasteiger partial charge >= 0.3 is 5.63 Å². The molecule has 7 heteroatoms. The van der Waals surface area contributed by atoms with Crippen LogP contribution in [0.15, 0.2) is 70.1 Å². The molecule has 2 aromatic heterocycles. The first kappa shape index (κ1) is 20.4. The van der Waals surface area contributed by atoms with Gasteiger partial charge in [0.15, 0.2) is 0 Å². The van der Waals surface area contributed by atoms with Gasteiger partial charge in [0.1, 0.15) is 11.3 Å². The van der Waals surface area contributed by atoms with Crippen molar-refractivity contribution in [2.24, 2.45) is 0 Å². The summed E-state index contributed by atoms with van der Waals surface area (Å²) >= 11 is 0. The molecular weight excluding hydrogens is 394 g/mol. The fraction of sp³-hybridized carbons (Fsp3) is 0.208. The molecule has 4 rings (SSSR count). The summed E-state index contributed by atoms with van der Waals surface area (Å²) in [5.74, 6) is 0.485. The first-order chi connectivity index (χ1) is 15.0. The van der Waals surface area contributed by atoms with E-state index in [0.29, 0.717) is 29.9 Å². The van der Waals surface area contributed by atoms with Crippen molar-refractivity contribution in [1.29, 1.82) is 0 Å². The van der Waals surface area contributed by atoms with Gasteiger partial charge in [0.2, 0.25) is 5.91 Å². The third-order valence-electron chi connectivity index (χ3n) is 5.24. The lowest BCUT2D eigenvalue weighted by molar-refractivity contribution is -0.121. The number of nitrogens with one attached hydrogen (secondary N) is 1. The summed E-state index contributed by atoms with van der Waals surface area (Å²) in [4.78, 5) is 24.8. The average molecular weight is 417 g/mol. The summed E-state index contributed by atoms with van der Waals surface area (Å²) in [6, 6.07) is 15.1. The SMILES string of the molecule is COc1ccc2c(C)c(CCC(=O)NCc3cnn(-c4ccccc4)c3)c(=O)oc2c1. The van der Waals surface area contributed by atoms with E-state index in [0.717, 1.165) is 22.2 Å². The molecule has 0 saturated carbocycles. The highest BCUT2D eigenvalue weighted by atomic mass is 16.5. The predicted octanol–water partition coefficient (Wildman–Crippen LogP) is 3.54. The van der Waals surface area contributed by atoms with E-state index in [-0.39, 0.29) is 12.3 Å². The van der Waals surface area contributed by atoms with E-state index in [1.165, 1.54) is 0 Å². The van der Waals surface area contributed by atoms with Gasteiger partial charge in [0.05, 0.1) is 19.0 Å². The second kappa shape index (κ2) is 8.87. The molecular formula is C24H23N3O4. The van der Waals surface area contributed by atoms with Crippen LogP contribution in [0.1, 0.15) is 23.1 Å². The maximum absolute atomic E-state index is 12.4. The Morgan fingerprint density at radius 2 is 2.00 bits per heavy atom. The minimum atomic E-state index is -0.421. The van der Waals surface area contributed by atoms with E-state index in [2.05, 4.69) is 10.4 Å². The molecule has 4 aromatic rings. The summed E-state index contributed by atoms with van der Waals surface area (Å²) in [7, 11) is 1.56. The van der Waals surface area contributed by atoms with Gasteiger partial charge in [-0.25, -0.2) is 9.48 Å². The maximum atomic E-state index is 12.4. The molecule has 1 amide bonds. The summed E-state index contributed by atoms with van der Waals surface area (Å²) in [6.07, 6.45) is 4.11. The van der Waals surface area contributed by atoms with E-state index >= 15 is 0 Å². The molecule has 7 nitrogen and oxygen atoms in total. The minimum Gasteiger partial charge on any atom is -0.497 e. The van der Waals surface area contributed by atoms with Gasteiger partial charge in [-0.1, -0.05) is 18.2 Å². The summed E-state index contributed by atoms with van der Waals surface area (Å²) in [5.41, 5.74) is 3.25. The number of ether oxygens (including phenoxy) is 1. The highest BCUT2D eigenvalue weighted by Gasteiger charge is 2.14. The number of methoxy groups -OCH3 is 1. The summed E-state index contributed by atoms with van der Waals surface area (Å²) in [5, 5.41) is 8.05. The van der Waals surface area contributed by atoms with Crippen molar-refractivity contribution in [2.75, 3.05) is 7.11 Å². The van der Waals surface area contributed by atoms with E-state index in [1.54, 1.807) is 24.1 Å². The zero-order valence-electron chi connectivity index (χ0n) is 17.4. The number of nitrogens with zero attached hydrogens (tertiary/aromatic N) is 2. The summed E-state index contributed by atoms with van der Waals surface area (Å²) < 4.78 is 12.4. The maximum Gasteiger partial charge on any atom is 0.339 e. The molecule has 0 aliphatic rings. The van der Waals surface area contributed by atoms with E-state index in [1.807, 2.05) is 55.6 Å². The van der Waals surface area contributed by atoms with Gasteiger partial charge in [0.25, 0.3) is 0 Å². The smallest absolute Gasteiger partial charge is 0.339 e. The Balaban J connectivity index is 1.38. The lowest BCUT2D eigenvalue weighted by Gasteiger charge is -2.09. The Morgan fingerprint density at radius 3 is 2.77 bits per heavy atom. The molecule has 0 aliphatic carbocycles. The minimum absolute atomic E-state index is 0.138. The van der Waals surface area contributed by atoms with Gasteiger partial charge in [-0.05, 0) is 43.2 Å². The number of carbonyl (C=O) groups excluding carboxylic acids is 1. The van der Waals surface area contributed by atoms with Gasteiger partial charge in [-0.2, -0.15) is 5.10 Å². The van der Waals surface area contributed by atoms with Crippen LogP contribution in [0.3, 0.4) is 0 Å². The third kappa shape index (κ3) is 4.50. The Bertz CT molecular complexity index is 1280. The average Bonchev–Trinajstić information content (AvgIpc) is 3.27. The summed E-state index contributed by atoms with van der Waals surface area (Å²) in [6.45, 7) is 2.24. The third-order valence-corrected chi connectivity index (χ3v) is 5.24. The molecule has 0 bridgehead atoms. The van der Waals surface area contributed by atoms with Crippen molar-refractivity contribution in [3.63, 3.8) is 0 Å². The number of amides is 1. The van der Waals surface area contributed by atoms with Crippen LogP contribution in [-0.2, 0) is 17.8 Å². The molecule has 0 radical (unpaired) electrons. The van der Waals surface area contributed by atoms with E-state index in [4.69, 9.17) is 9.15 Å². The van der Waals surface area contributed by atoms with Crippen molar-refractivity contribution in [3.8, 4) is 11.4 Å². The normalized spacial score (nSPS) is 10.9. The number of fused-ring (bicyclic) bond motifs is 1. The lowest BCUT2D eigenvalue weighted by Crippen LogP contribution is -2.24. The molecule has 0 atom stereocenters. The standard InChI is InChI=1S/C24H23N3O4/c1-16-20-9-8-19(30-2)12-22(20)31-24(29)21(16)10-11-23(28)25-13-17-14-26-27(15-17)18-6-4-3-5-7-18/h3-9,12,14-15H,10-11,13H2,1-2H3,(H,25,28). The van der Waals surface area contributed by atoms with Gasteiger partial charge < -0.3 is 14.5 Å². The van der Waals surface area contributed by atoms with Crippen molar-refractivity contribution in [1.82, 2.24) is 15.1 Å². The molecule has 0 saturated heterocycles. The van der Waals surface area contributed by atoms with Crippen LogP contribution in [0.5, 0.6) is 5.75 Å². The number of aryl methyl sites for hydroxylation is 1.